The zero-order valence-corrected chi connectivity index (χ0v) is 17.3. The van der Waals surface area contributed by atoms with Crippen molar-refractivity contribution in [1.82, 2.24) is 10.2 Å². The van der Waals surface area contributed by atoms with E-state index in [4.69, 9.17) is 0 Å². The Morgan fingerprint density at radius 3 is 2.46 bits per heavy atom. The van der Waals surface area contributed by atoms with Gasteiger partial charge in [-0.1, -0.05) is 40.2 Å². The van der Waals surface area contributed by atoms with Gasteiger partial charge >= 0.3 is 0 Å². The Morgan fingerprint density at radius 2 is 1.79 bits per heavy atom. The van der Waals surface area contributed by atoms with Crippen molar-refractivity contribution in [3.63, 3.8) is 0 Å². The van der Waals surface area contributed by atoms with Gasteiger partial charge in [0.25, 0.3) is 0 Å². The third kappa shape index (κ3) is 5.89. The molecular formula is C22H24BrFN2O2. The number of nitrogens with one attached hydrogen (secondary N) is 1. The molecule has 2 amide bonds. The molecule has 0 unspecified atom stereocenters. The van der Waals surface area contributed by atoms with Crippen LogP contribution in [0, 0.1) is 11.7 Å². The van der Waals surface area contributed by atoms with E-state index in [2.05, 4.69) is 21.2 Å². The zero-order valence-electron chi connectivity index (χ0n) is 15.7. The van der Waals surface area contributed by atoms with E-state index in [0.717, 1.165) is 22.0 Å². The van der Waals surface area contributed by atoms with Gasteiger partial charge in [-0.3, -0.25) is 9.59 Å². The van der Waals surface area contributed by atoms with E-state index in [1.54, 1.807) is 12.1 Å². The number of nitrogens with zero attached hydrogens (tertiary/aromatic N) is 1. The van der Waals surface area contributed by atoms with Gasteiger partial charge in [0, 0.05) is 36.4 Å². The Hall–Kier alpha value is -2.21. The molecule has 1 saturated heterocycles. The van der Waals surface area contributed by atoms with E-state index < -0.39 is 0 Å². The minimum atomic E-state index is -0.285. The highest BCUT2D eigenvalue weighted by Gasteiger charge is 2.26. The van der Waals surface area contributed by atoms with Crippen LogP contribution in [0.3, 0.4) is 0 Å². The summed E-state index contributed by atoms with van der Waals surface area (Å²) >= 11 is 3.45. The fourth-order valence-electron chi connectivity index (χ4n) is 3.43. The van der Waals surface area contributed by atoms with Crippen molar-refractivity contribution >= 4 is 27.7 Å². The predicted molar refractivity (Wildman–Crippen MR) is 110 cm³/mol. The first-order valence-corrected chi connectivity index (χ1v) is 10.3. The van der Waals surface area contributed by atoms with E-state index in [1.807, 2.05) is 29.2 Å². The topological polar surface area (TPSA) is 49.4 Å². The van der Waals surface area contributed by atoms with Crippen LogP contribution in [0.15, 0.2) is 53.0 Å². The van der Waals surface area contributed by atoms with Crippen LogP contribution in [-0.4, -0.2) is 29.8 Å². The molecular weight excluding hydrogens is 423 g/mol. The highest BCUT2D eigenvalue weighted by Crippen LogP contribution is 2.19. The number of hydrogen-bond donors (Lipinski definition) is 1. The Labute approximate surface area is 173 Å². The quantitative estimate of drug-likeness (QED) is 0.726. The Balaban J connectivity index is 1.40. The minimum Gasteiger partial charge on any atom is -0.352 e. The van der Waals surface area contributed by atoms with Crippen molar-refractivity contribution < 1.29 is 14.0 Å². The minimum absolute atomic E-state index is 0.00515. The third-order valence-electron chi connectivity index (χ3n) is 5.12. The number of hydrogen-bond acceptors (Lipinski definition) is 2. The van der Waals surface area contributed by atoms with Gasteiger partial charge in [-0.25, -0.2) is 4.39 Å². The van der Waals surface area contributed by atoms with Crippen LogP contribution in [-0.2, 0) is 22.6 Å². The standard InChI is InChI=1S/C22H24BrFN2O2/c23-19-3-1-2-16(14-19)6-9-21(27)26-12-10-18(11-13-26)22(28)25-15-17-4-7-20(24)8-5-17/h1-5,7-8,14,18H,6,9-13,15H2,(H,25,28). The number of carbonyl (C=O) groups excluding carboxylic acids is 2. The van der Waals surface area contributed by atoms with Crippen LogP contribution in [0.25, 0.3) is 0 Å². The molecule has 0 aliphatic carbocycles. The van der Waals surface area contributed by atoms with E-state index >= 15 is 0 Å². The fourth-order valence-corrected chi connectivity index (χ4v) is 3.88. The largest absolute Gasteiger partial charge is 0.352 e. The van der Waals surface area contributed by atoms with Gasteiger partial charge in [0.1, 0.15) is 5.82 Å². The Bertz CT molecular complexity index is 818. The number of rotatable bonds is 6. The molecule has 4 nitrogen and oxygen atoms in total. The summed E-state index contributed by atoms with van der Waals surface area (Å²) in [6.07, 6.45) is 2.56. The van der Waals surface area contributed by atoms with Gasteiger partial charge in [0.2, 0.25) is 11.8 Å². The Morgan fingerprint density at radius 1 is 1.07 bits per heavy atom. The van der Waals surface area contributed by atoms with E-state index in [0.29, 0.717) is 38.9 Å². The lowest BCUT2D eigenvalue weighted by Gasteiger charge is -2.31. The SMILES string of the molecule is O=C(NCc1ccc(F)cc1)C1CCN(C(=O)CCc2cccc(Br)c2)CC1. The normalized spacial score (nSPS) is 14.7. The maximum atomic E-state index is 12.9. The number of likely N-dealkylation sites (tertiary alicyclic amines) is 1. The summed E-state index contributed by atoms with van der Waals surface area (Å²) in [6, 6.07) is 14.1. The summed E-state index contributed by atoms with van der Waals surface area (Å²) in [4.78, 5) is 26.7. The molecule has 2 aromatic rings. The van der Waals surface area contributed by atoms with Gasteiger partial charge in [-0.2, -0.15) is 0 Å². The molecule has 28 heavy (non-hydrogen) atoms. The van der Waals surface area contributed by atoms with E-state index in [9.17, 15) is 14.0 Å². The molecule has 3 rings (SSSR count). The van der Waals surface area contributed by atoms with Crippen LogP contribution in [0.2, 0.25) is 0 Å². The average molecular weight is 447 g/mol. The van der Waals surface area contributed by atoms with Gasteiger partial charge in [-0.15, -0.1) is 0 Å². The fraction of sp³-hybridized carbons (Fsp3) is 0.364. The second-order valence-corrected chi connectivity index (χ2v) is 8.04. The van der Waals surface area contributed by atoms with Crippen molar-refractivity contribution in [2.75, 3.05) is 13.1 Å². The zero-order chi connectivity index (χ0) is 19.9. The van der Waals surface area contributed by atoms with E-state index in [-0.39, 0.29) is 23.5 Å². The molecule has 148 valence electrons. The van der Waals surface area contributed by atoms with Gasteiger partial charge < -0.3 is 10.2 Å². The average Bonchev–Trinajstić information content (AvgIpc) is 2.71. The summed E-state index contributed by atoms with van der Waals surface area (Å²) in [6.45, 7) is 1.63. The van der Waals surface area contributed by atoms with Crippen LogP contribution in [0.1, 0.15) is 30.4 Å². The number of carbonyl (C=O) groups is 2. The van der Waals surface area contributed by atoms with Crippen molar-refractivity contribution in [3.05, 3.63) is 69.9 Å². The van der Waals surface area contributed by atoms with Crippen LogP contribution >= 0.6 is 15.9 Å². The number of aryl methyl sites for hydroxylation is 1. The molecule has 0 bridgehead atoms. The molecule has 2 aromatic carbocycles. The highest BCUT2D eigenvalue weighted by molar-refractivity contribution is 9.10. The number of halogens is 2. The lowest BCUT2D eigenvalue weighted by molar-refractivity contribution is -0.135. The van der Waals surface area contributed by atoms with Crippen LogP contribution < -0.4 is 5.32 Å². The van der Waals surface area contributed by atoms with E-state index in [1.165, 1.54) is 12.1 Å². The maximum Gasteiger partial charge on any atom is 0.223 e. The summed E-state index contributed by atoms with van der Waals surface area (Å²) < 4.78 is 13.9. The second kappa shape index (κ2) is 9.82. The monoisotopic (exact) mass is 446 g/mol. The lowest BCUT2D eigenvalue weighted by atomic mass is 9.95. The lowest BCUT2D eigenvalue weighted by Crippen LogP contribution is -2.43. The molecule has 0 aromatic heterocycles. The number of benzene rings is 2. The molecule has 0 radical (unpaired) electrons. The highest BCUT2D eigenvalue weighted by atomic mass is 79.9. The molecule has 1 aliphatic rings. The van der Waals surface area contributed by atoms with Crippen molar-refractivity contribution in [3.8, 4) is 0 Å². The van der Waals surface area contributed by atoms with Crippen LogP contribution in [0.4, 0.5) is 4.39 Å². The smallest absolute Gasteiger partial charge is 0.223 e. The van der Waals surface area contributed by atoms with Crippen molar-refractivity contribution in [2.45, 2.75) is 32.2 Å². The number of piperidine rings is 1. The second-order valence-electron chi connectivity index (χ2n) is 7.13. The molecule has 0 spiro atoms. The molecule has 1 heterocycles. The molecule has 6 heteroatoms. The van der Waals surface area contributed by atoms with Gasteiger partial charge in [-0.05, 0) is 54.7 Å². The first-order valence-electron chi connectivity index (χ1n) is 9.55. The predicted octanol–water partition coefficient (Wildman–Crippen LogP) is 4.08. The van der Waals surface area contributed by atoms with Gasteiger partial charge in [0.05, 0.1) is 0 Å². The third-order valence-corrected chi connectivity index (χ3v) is 5.61. The summed E-state index contributed by atoms with van der Waals surface area (Å²) in [5, 5.41) is 2.91. The van der Waals surface area contributed by atoms with Crippen molar-refractivity contribution in [2.24, 2.45) is 5.92 Å². The summed E-state index contributed by atoms with van der Waals surface area (Å²) in [5.41, 5.74) is 2.01. The molecule has 1 aliphatic heterocycles. The summed E-state index contributed by atoms with van der Waals surface area (Å²) in [7, 11) is 0. The maximum absolute atomic E-state index is 12.9. The molecule has 1 N–H and O–H groups in total. The molecule has 1 fully saturated rings. The summed E-state index contributed by atoms with van der Waals surface area (Å²) in [5.74, 6) is -0.211. The van der Waals surface area contributed by atoms with Crippen molar-refractivity contribution in [1.29, 1.82) is 0 Å². The Kier molecular flexibility index (Phi) is 7.20. The molecule has 0 atom stereocenters. The number of amides is 2. The van der Waals surface area contributed by atoms with Crippen LogP contribution in [0.5, 0.6) is 0 Å². The first kappa shape index (κ1) is 20.5. The van der Waals surface area contributed by atoms with Gasteiger partial charge in [0.15, 0.2) is 0 Å². The first-order chi connectivity index (χ1) is 13.5. The molecule has 0 saturated carbocycles.